The summed E-state index contributed by atoms with van der Waals surface area (Å²) in [6.45, 7) is 3.89. The predicted molar refractivity (Wildman–Crippen MR) is 129 cm³/mol. The third-order valence-electron chi connectivity index (χ3n) is 5.55. The van der Waals surface area contributed by atoms with Crippen molar-refractivity contribution >= 4 is 37.9 Å². The zero-order chi connectivity index (χ0) is 22.0. The monoisotopic (exact) mass is 497 g/mol. The molecule has 0 spiro atoms. The normalized spacial score (nSPS) is 13.9. The van der Waals surface area contributed by atoms with Gasteiger partial charge in [-0.05, 0) is 68.5 Å². The second kappa shape index (κ2) is 9.02. The third kappa shape index (κ3) is 4.79. The highest BCUT2D eigenvalue weighted by atomic mass is 79.9. The average molecular weight is 498 g/mol. The molecule has 2 atom stereocenters. The SMILES string of the molecule is CC(C)(C[C@H](Cc1ccccn1)c1ccccc1-c1noc2cc(Br)ccc12)S(N)=O. The lowest BCUT2D eigenvalue weighted by molar-refractivity contribution is 0.459. The largest absolute Gasteiger partial charge is 0.356 e. The Kier molecular flexibility index (Phi) is 6.36. The summed E-state index contributed by atoms with van der Waals surface area (Å²) in [5, 5.41) is 11.2. The number of benzene rings is 2. The van der Waals surface area contributed by atoms with Crippen LogP contribution in [-0.2, 0) is 17.4 Å². The summed E-state index contributed by atoms with van der Waals surface area (Å²) < 4.78 is 18.3. The Morgan fingerprint density at radius 3 is 2.65 bits per heavy atom. The quantitative estimate of drug-likeness (QED) is 0.351. The zero-order valence-electron chi connectivity index (χ0n) is 17.4. The van der Waals surface area contributed by atoms with Crippen LogP contribution >= 0.6 is 15.9 Å². The first-order valence-corrected chi connectivity index (χ1v) is 12.1. The van der Waals surface area contributed by atoms with Gasteiger partial charge in [0, 0.05) is 27.3 Å². The first-order chi connectivity index (χ1) is 14.8. The highest BCUT2D eigenvalue weighted by Gasteiger charge is 2.31. The first kappa shape index (κ1) is 21.9. The van der Waals surface area contributed by atoms with Crippen molar-refractivity contribution in [2.24, 2.45) is 5.14 Å². The van der Waals surface area contributed by atoms with Crippen molar-refractivity contribution in [2.45, 2.75) is 37.4 Å². The predicted octanol–water partition coefficient (Wildman–Crippen LogP) is 5.77. The number of rotatable bonds is 7. The second-order valence-corrected chi connectivity index (χ2v) is 10.9. The number of pyridine rings is 1. The van der Waals surface area contributed by atoms with Crippen LogP contribution in [0.25, 0.3) is 22.2 Å². The number of fused-ring (bicyclic) bond motifs is 1. The van der Waals surface area contributed by atoms with E-state index in [1.165, 1.54) is 0 Å². The molecule has 7 heteroatoms. The van der Waals surface area contributed by atoms with Crippen LogP contribution in [0.5, 0.6) is 0 Å². The molecule has 0 aliphatic rings. The minimum atomic E-state index is -1.46. The molecule has 4 aromatic rings. The Hall–Kier alpha value is -2.35. The third-order valence-corrected chi connectivity index (χ3v) is 7.30. The number of aromatic nitrogens is 2. The molecule has 4 rings (SSSR count). The van der Waals surface area contributed by atoms with Crippen LogP contribution in [0.1, 0.15) is 37.4 Å². The van der Waals surface area contributed by atoms with Gasteiger partial charge in [0.1, 0.15) is 5.69 Å². The maximum absolute atomic E-state index is 12.2. The topological polar surface area (TPSA) is 82.0 Å². The van der Waals surface area contributed by atoms with E-state index in [-0.39, 0.29) is 5.92 Å². The molecular weight excluding hydrogens is 474 g/mol. The maximum Gasteiger partial charge on any atom is 0.168 e. The molecule has 160 valence electrons. The first-order valence-electron chi connectivity index (χ1n) is 10.1. The second-order valence-electron chi connectivity index (χ2n) is 8.24. The van der Waals surface area contributed by atoms with Crippen LogP contribution in [0.4, 0.5) is 0 Å². The van der Waals surface area contributed by atoms with E-state index in [1.807, 2.05) is 62.4 Å². The molecule has 1 unspecified atom stereocenters. The van der Waals surface area contributed by atoms with E-state index in [9.17, 15) is 4.21 Å². The van der Waals surface area contributed by atoms with Gasteiger partial charge in [-0.3, -0.25) is 10.1 Å². The molecule has 2 aromatic heterocycles. The van der Waals surface area contributed by atoms with E-state index in [0.717, 1.165) is 38.0 Å². The molecule has 0 bridgehead atoms. The fraction of sp³-hybridized carbons (Fsp3) is 0.250. The molecule has 0 aliphatic carbocycles. The summed E-state index contributed by atoms with van der Waals surface area (Å²) in [5.41, 5.74) is 4.63. The minimum absolute atomic E-state index is 0.0517. The fourth-order valence-electron chi connectivity index (χ4n) is 3.91. The smallest absolute Gasteiger partial charge is 0.168 e. The minimum Gasteiger partial charge on any atom is -0.356 e. The molecular formula is C24H24BrN3O2S. The molecule has 0 aliphatic heterocycles. The van der Waals surface area contributed by atoms with Crippen molar-refractivity contribution in [3.05, 3.63) is 82.6 Å². The van der Waals surface area contributed by atoms with Crippen LogP contribution in [-0.4, -0.2) is 19.1 Å². The lowest BCUT2D eigenvalue weighted by Gasteiger charge is -2.28. The fourth-order valence-corrected chi connectivity index (χ4v) is 4.62. The summed E-state index contributed by atoms with van der Waals surface area (Å²) in [7, 11) is -1.46. The van der Waals surface area contributed by atoms with E-state index < -0.39 is 15.7 Å². The van der Waals surface area contributed by atoms with Gasteiger partial charge in [-0.15, -0.1) is 0 Å². The Labute approximate surface area is 192 Å². The van der Waals surface area contributed by atoms with Gasteiger partial charge >= 0.3 is 0 Å². The zero-order valence-corrected chi connectivity index (χ0v) is 19.8. The van der Waals surface area contributed by atoms with Crippen molar-refractivity contribution in [1.29, 1.82) is 0 Å². The van der Waals surface area contributed by atoms with E-state index in [4.69, 9.17) is 9.66 Å². The molecule has 0 saturated heterocycles. The molecule has 2 aromatic carbocycles. The Morgan fingerprint density at radius 1 is 1.13 bits per heavy atom. The van der Waals surface area contributed by atoms with Crippen molar-refractivity contribution in [3.63, 3.8) is 0 Å². The van der Waals surface area contributed by atoms with Crippen LogP contribution in [0.15, 0.2) is 75.9 Å². The van der Waals surface area contributed by atoms with E-state index in [2.05, 4.69) is 38.2 Å². The number of halogens is 1. The molecule has 0 saturated carbocycles. The van der Waals surface area contributed by atoms with Crippen molar-refractivity contribution in [1.82, 2.24) is 10.1 Å². The van der Waals surface area contributed by atoms with E-state index in [0.29, 0.717) is 12.8 Å². The molecule has 2 N–H and O–H groups in total. The number of nitrogens with two attached hydrogens (primary N) is 1. The summed E-state index contributed by atoms with van der Waals surface area (Å²) in [5.74, 6) is 0.0517. The van der Waals surface area contributed by atoms with Crippen LogP contribution in [0.3, 0.4) is 0 Å². The van der Waals surface area contributed by atoms with E-state index in [1.54, 1.807) is 6.20 Å². The van der Waals surface area contributed by atoms with Crippen molar-refractivity contribution in [2.75, 3.05) is 0 Å². The Morgan fingerprint density at radius 2 is 1.90 bits per heavy atom. The lowest BCUT2D eigenvalue weighted by Crippen LogP contribution is -2.34. The molecule has 5 nitrogen and oxygen atoms in total. The summed E-state index contributed by atoms with van der Waals surface area (Å²) >= 11 is 3.48. The number of hydrogen-bond donors (Lipinski definition) is 1. The van der Waals surface area contributed by atoms with Crippen LogP contribution < -0.4 is 5.14 Å². The number of nitrogens with zero attached hydrogens (tertiary/aromatic N) is 2. The molecule has 0 fully saturated rings. The highest BCUT2D eigenvalue weighted by Crippen LogP contribution is 2.39. The summed E-state index contributed by atoms with van der Waals surface area (Å²) in [6, 6.07) is 20.0. The highest BCUT2D eigenvalue weighted by molar-refractivity contribution is 9.10. The Bertz CT molecular complexity index is 1220. The number of hydrogen-bond acceptors (Lipinski definition) is 4. The standard InChI is InChI=1S/C24H24BrN3O2S/c1-24(2,31(26)29)15-16(13-18-7-5-6-12-27-18)19-8-3-4-9-20(19)23-21-11-10-17(25)14-22(21)30-28-23/h3-12,14,16H,13,15,26H2,1-2H3/t16-,31?/m0/s1. The summed E-state index contributed by atoms with van der Waals surface area (Å²) in [4.78, 5) is 4.52. The average Bonchev–Trinajstić information content (AvgIpc) is 3.16. The van der Waals surface area contributed by atoms with Gasteiger partial charge in [-0.25, -0.2) is 4.21 Å². The Balaban J connectivity index is 1.82. The van der Waals surface area contributed by atoms with Gasteiger partial charge < -0.3 is 4.52 Å². The molecule has 31 heavy (non-hydrogen) atoms. The van der Waals surface area contributed by atoms with Gasteiger partial charge in [0.05, 0.1) is 15.7 Å². The van der Waals surface area contributed by atoms with Gasteiger partial charge in [-0.2, -0.15) is 0 Å². The maximum atomic E-state index is 12.2. The van der Waals surface area contributed by atoms with Gasteiger partial charge in [0.25, 0.3) is 0 Å². The lowest BCUT2D eigenvalue weighted by atomic mass is 9.83. The van der Waals surface area contributed by atoms with Crippen molar-refractivity contribution in [3.8, 4) is 11.3 Å². The van der Waals surface area contributed by atoms with E-state index >= 15 is 0 Å². The van der Waals surface area contributed by atoms with Crippen LogP contribution in [0.2, 0.25) is 0 Å². The van der Waals surface area contributed by atoms with Crippen molar-refractivity contribution < 1.29 is 8.73 Å². The molecule has 0 amide bonds. The summed E-state index contributed by atoms with van der Waals surface area (Å²) in [6.07, 6.45) is 3.15. The van der Waals surface area contributed by atoms with Gasteiger partial charge in [0.15, 0.2) is 5.58 Å². The van der Waals surface area contributed by atoms with Crippen LogP contribution in [0, 0.1) is 0 Å². The van der Waals surface area contributed by atoms with Gasteiger partial charge in [0.2, 0.25) is 0 Å². The van der Waals surface area contributed by atoms with Gasteiger partial charge in [-0.1, -0.05) is 51.4 Å². The molecule has 0 radical (unpaired) electrons. The molecule has 2 heterocycles.